The Balaban J connectivity index is 4.25. The van der Waals surface area contributed by atoms with Crippen LogP contribution in [0.3, 0.4) is 0 Å². The summed E-state index contributed by atoms with van der Waals surface area (Å²) in [5.74, 6) is 0. The number of hydrogen-bond donors (Lipinski definition) is 0. The fourth-order valence-electron chi connectivity index (χ4n) is 0.489. The molecular formula is C7H16N2+2. The average Bonchev–Trinajstić information content (AvgIpc) is 1.63. The van der Waals surface area contributed by atoms with Gasteiger partial charge in [0.2, 0.25) is 11.9 Å². The lowest BCUT2D eigenvalue weighted by molar-refractivity contribution is -0.475. The third-order valence-electron chi connectivity index (χ3n) is 1.15. The molecule has 0 rings (SSSR count). The predicted molar refractivity (Wildman–Crippen MR) is 41.0 cm³/mol. The largest absolute Gasteiger partial charge is 0.236 e. The van der Waals surface area contributed by atoms with Gasteiger partial charge in [-0.05, 0) is 0 Å². The maximum Gasteiger partial charge on any atom is 0.236 e. The van der Waals surface area contributed by atoms with E-state index in [1.165, 1.54) is 5.71 Å². The second-order valence-corrected chi connectivity index (χ2v) is 2.63. The van der Waals surface area contributed by atoms with Crippen molar-refractivity contribution in [2.24, 2.45) is 0 Å². The zero-order valence-electron chi connectivity index (χ0n) is 6.97. The molecule has 0 aromatic rings. The lowest BCUT2D eigenvalue weighted by Gasteiger charge is -1.86. The van der Waals surface area contributed by atoms with Crippen LogP contribution < -0.4 is 0 Å². The van der Waals surface area contributed by atoms with Gasteiger partial charge in [0.15, 0.2) is 0 Å². The molecule has 0 radical (unpaired) electrons. The number of nitrogens with zero attached hydrogens (tertiary/aromatic N) is 2. The van der Waals surface area contributed by atoms with Gasteiger partial charge in [-0.15, -0.1) is 0 Å². The second-order valence-electron chi connectivity index (χ2n) is 2.63. The maximum absolute atomic E-state index is 2.08. The van der Waals surface area contributed by atoms with Crippen LogP contribution in [0.2, 0.25) is 0 Å². The first-order valence-electron chi connectivity index (χ1n) is 3.06. The van der Waals surface area contributed by atoms with Crippen LogP contribution in [-0.4, -0.2) is 49.3 Å². The van der Waals surface area contributed by atoms with E-state index in [0.29, 0.717) is 0 Å². The van der Waals surface area contributed by atoms with E-state index < -0.39 is 0 Å². The molecule has 0 aliphatic carbocycles. The Morgan fingerprint density at radius 3 is 1.67 bits per heavy atom. The third-order valence-corrected chi connectivity index (χ3v) is 1.15. The van der Waals surface area contributed by atoms with E-state index in [-0.39, 0.29) is 0 Å². The fraction of sp³-hybridized carbons (Fsp3) is 0.714. The third kappa shape index (κ3) is 3.88. The Labute approximate surface area is 57.1 Å². The average molecular weight is 128 g/mol. The van der Waals surface area contributed by atoms with Gasteiger partial charge >= 0.3 is 0 Å². The monoisotopic (exact) mass is 128 g/mol. The smallest absolute Gasteiger partial charge is 0.236 e. The first-order chi connectivity index (χ1) is 4.04. The van der Waals surface area contributed by atoms with E-state index >= 15 is 0 Å². The van der Waals surface area contributed by atoms with Gasteiger partial charge in [0, 0.05) is 6.92 Å². The van der Waals surface area contributed by atoms with Crippen molar-refractivity contribution in [1.82, 2.24) is 0 Å². The Morgan fingerprint density at radius 1 is 1.11 bits per heavy atom. The first-order valence-corrected chi connectivity index (χ1v) is 3.06. The van der Waals surface area contributed by atoms with Gasteiger partial charge in [-0.2, -0.15) is 0 Å². The Kier molecular flexibility index (Phi) is 3.13. The highest BCUT2D eigenvalue weighted by Gasteiger charge is 1.97. The number of hydrogen-bond acceptors (Lipinski definition) is 0. The van der Waals surface area contributed by atoms with Crippen molar-refractivity contribution in [2.75, 3.05) is 28.2 Å². The lowest BCUT2D eigenvalue weighted by Crippen LogP contribution is -2.15. The molecule has 0 unspecified atom stereocenters. The molecule has 0 spiro atoms. The molecule has 2 heteroatoms. The SMILES string of the molecule is CC(C=[N+](C)C)=[N+](C)C. The normalized spacial score (nSPS) is 8.56. The molecular weight excluding hydrogens is 112 g/mol. The summed E-state index contributed by atoms with van der Waals surface area (Å²) in [4.78, 5) is 0. The quantitative estimate of drug-likeness (QED) is 0.348. The summed E-state index contributed by atoms with van der Waals surface area (Å²) in [6, 6.07) is 0. The molecule has 0 saturated heterocycles. The van der Waals surface area contributed by atoms with Crippen LogP contribution in [0.4, 0.5) is 0 Å². The molecule has 0 atom stereocenters. The molecule has 0 bridgehead atoms. The second kappa shape index (κ2) is 3.38. The Morgan fingerprint density at radius 2 is 1.56 bits per heavy atom. The van der Waals surface area contributed by atoms with E-state index in [1.807, 2.05) is 32.8 Å². The summed E-state index contributed by atoms with van der Waals surface area (Å²) in [5.41, 5.74) is 1.26. The van der Waals surface area contributed by atoms with Gasteiger partial charge in [0.25, 0.3) is 0 Å². The van der Waals surface area contributed by atoms with Crippen LogP contribution in [0.15, 0.2) is 0 Å². The van der Waals surface area contributed by atoms with E-state index in [9.17, 15) is 0 Å². The van der Waals surface area contributed by atoms with Crippen LogP contribution in [-0.2, 0) is 0 Å². The summed E-state index contributed by atoms with van der Waals surface area (Å²) in [6.45, 7) is 2.08. The molecule has 0 N–H and O–H groups in total. The van der Waals surface area contributed by atoms with Crippen molar-refractivity contribution in [3.05, 3.63) is 0 Å². The van der Waals surface area contributed by atoms with Gasteiger partial charge in [-0.1, -0.05) is 0 Å². The minimum absolute atomic E-state index is 1.26. The zero-order chi connectivity index (χ0) is 7.44. The van der Waals surface area contributed by atoms with Crippen molar-refractivity contribution in [3.8, 4) is 0 Å². The molecule has 2 nitrogen and oxygen atoms in total. The molecule has 0 aliphatic rings. The van der Waals surface area contributed by atoms with Crippen molar-refractivity contribution in [1.29, 1.82) is 0 Å². The Bertz CT molecular complexity index is 146. The molecule has 52 valence electrons. The predicted octanol–water partition coefficient (Wildman–Crippen LogP) is 0.0623. The van der Waals surface area contributed by atoms with Gasteiger partial charge in [-0.25, -0.2) is 9.15 Å². The van der Waals surface area contributed by atoms with Gasteiger partial charge in [0.05, 0.1) is 0 Å². The molecule has 0 fully saturated rings. The van der Waals surface area contributed by atoms with E-state index in [2.05, 4.69) is 17.7 Å². The molecule has 0 aromatic heterocycles. The van der Waals surface area contributed by atoms with Gasteiger partial charge in [-0.3, -0.25) is 0 Å². The van der Waals surface area contributed by atoms with E-state index in [0.717, 1.165) is 0 Å². The highest BCUT2D eigenvalue weighted by atomic mass is 15.0. The standard InChI is InChI=1S/C7H16N2/c1-7(9(4)5)6-8(2)3/h6H,1-5H3/q+2. The van der Waals surface area contributed by atoms with Crippen LogP contribution in [0.5, 0.6) is 0 Å². The molecule has 0 aromatic carbocycles. The summed E-state index contributed by atoms with van der Waals surface area (Å²) >= 11 is 0. The maximum atomic E-state index is 2.08. The minimum atomic E-state index is 1.26. The molecule has 9 heavy (non-hydrogen) atoms. The van der Waals surface area contributed by atoms with Crippen molar-refractivity contribution in [3.63, 3.8) is 0 Å². The zero-order valence-corrected chi connectivity index (χ0v) is 6.97. The summed E-state index contributed by atoms with van der Waals surface area (Å²) in [7, 11) is 8.12. The molecule has 0 heterocycles. The highest BCUT2D eigenvalue weighted by Crippen LogP contribution is 1.66. The van der Waals surface area contributed by atoms with E-state index in [1.54, 1.807) is 0 Å². The van der Waals surface area contributed by atoms with Crippen LogP contribution >= 0.6 is 0 Å². The lowest BCUT2D eigenvalue weighted by atomic mass is 10.4. The summed E-state index contributed by atoms with van der Waals surface area (Å²) < 4.78 is 4.12. The van der Waals surface area contributed by atoms with Crippen LogP contribution in [0.1, 0.15) is 6.92 Å². The van der Waals surface area contributed by atoms with Crippen LogP contribution in [0.25, 0.3) is 0 Å². The van der Waals surface area contributed by atoms with Gasteiger partial charge < -0.3 is 0 Å². The topological polar surface area (TPSA) is 6.02 Å². The van der Waals surface area contributed by atoms with Crippen LogP contribution in [0, 0.1) is 0 Å². The van der Waals surface area contributed by atoms with Crippen molar-refractivity contribution >= 4 is 11.9 Å². The fourth-order valence-corrected chi connectivity index (χ4v) is 0.489. The van der Waals surface area contributed by atoms with Crippen molar-refractivity contribution in [2.45, 2.75) is 6.92 Å². The minimum Gasteiger partial charge on any atom is -0.236 e. The Hall–Kier alpha value is -0.660. The summed E-state index contributed by atoms with van der Waals surface area (Å²) in [6.07, 6.45) is 2.08. The molecule has 0 amide bonds. The molecule has 0 aliphatic heterocycles. The van der Waals surface area contributed by atoms with Gasteiger partial charge in [0.1, 0.15) is 28.2 Å². The van der Waals surface area contributed by atoms with Crippen molar-refractivity contribution < 1.29 is 9.15 Å². The highest BCUT2D eigenvalue weighted by molar-refractivity contribution is 6.24. The summed E-state index contributed by atoms with van der Waals surface area (Å²) in [5, 5.41) is 0. The molecule has 0 saturated carbocycles. The number of rotatable bonds is 1. The first kappa shape index (κ1) is 8.34. The van der Waals surface area contributed by atoms with E-state index in [4.69, 9.17) is 0 Å².